The van der Waals surface area contributed by atoms with Crippen LogP contribution in [0.15, 0.2) is 12.7 Å². The van der Waals surface area contributed by atoms with Crippen LogP contribution in [0.2, 0.25) is 0 Å². The van der Waals surface area contributed by atoms with E-state index in [9.17, 15) is 45.3 Å². The van der Waals surface area contributed by atoms with Gasteiger partial charge < -0.3 is 64.2 Å². The summed E-state index contributed by atoms with van der Waals surface area (Å²) in [5.41, 5.74) is 0. The van der Waals surface area contributed by atoms with Gasteiger partial charge in [0.05, 0.1) is 19.8 Å². The molecule has 0 aliphatic carbocycles. The standard InChI is InChI=1S/C43H78O15/c1-3-5-7-9-11-12-13-14-15-16-17-18-20-21-23-25-34(45)53-28-31(56-35(46)26-24-22-19-10-8-6-4-2)29-54-42-41(52)39(50)37(48)33(58-42)30-55-43-40(51)38(49)36(47)32(27-44)57-43/h3,31-33,36-44,47-52H,1,4-30H2,2H3/t31-,32-,33-,36+,37+,38?,39?,40?,41?,42-,43-/m1/s1. The van der Waals surface area contributed by atoms with Crippen molar-refractivity contribution in [3.05, 3.63) is 12.7 Å². The van der Waals surface area contributed by atoms with Crippen molar-refractivity contribution in [3.8, 4) is 0 Å². The van der Waals surface area contributed by atoms with Gasteiger partial charge in [-0.1, -0.05) is 122 Å². The number of hydrogen-bond donors (Lipinski definition) is 7. The number of unbranched alkanes of at least 4 members (excludes halogenated alkanes) is 19. The zero-order valence-corrected chi connectivity index (χ0v) is 35.1. The van der Waals surface area contributed by atoms with Crippen LogP contribution in [0.5, 0.6) is 0 Å². The van der Waals surface area contributed by atoms with E-state index in [0.29, 0.717) is 12.8 Å². The molecule has 11 atom stereocenters. The number of aliphatic hydroxyl groups is 7. The predicted molar refractivity (Wildman–Crippen MR) is 215 cm³/mol. The maximum absolute atomic E-state index is 12.8. The summed E-state index contributed by atoms with van der Waals surface area (Å²) in [6.07, 6.45) is 8.95. The van der Waals surface area contributed by atoms with Crippen LogP contribution in [0.4, 0.5) is 0 Å². The molecule has 0 saturated carbocycles. The van der Waals surface area contributed by atoms with Crippen LogP contribution in [0.3, 0.4) is 0 Å². The van der Waals surface area contributed by atoms with Gasteiger partial charge in [0.15, 0.2) is 18.7 Å². The highest BCUT2D eigenvalue weighted by Crippen LogP contribution is 2.26. The fraction of sp³-hybridized carbons (Fsp3) is 0.907. The lowest BCUT2D eigenvalue weighted by Gasteiger charge is -2.42. The third-order valence-electron chi connectivity index (χ3n) is 10.9. The average molecular weight is 835 g/mol. The van der Waals surface area contributed by atoms with Gasteiger partial charge >= 0.3 is 11.9 Å². The molecule has 58 heavy (non-hydrogen) atoms. The second-order valence-corrected chi connectivity index (χ2v) is 16.0. The highest BCUT2D eigenvalue weighted by molar-refractivity contribution is 5.70. The van der Waals surface area contributed by atoms with Crippen LogP contribution >= 0.6 is 0 Å². The minimum absolute atomic E-state index is 0.166. The summed E-state index contributed by atoms with van der Waals surface area (Å²) in [7, 11) is 0. The van der Waals surface area contributed by atoms with Gasteiger partial charge in [-0.2, -0.15) is 0 Å². The molecule has 0 radical (unpaired) electrons. The molecule has 0 aromatic carbocycles. The van der Waals surface area contributed by atoms with Crippen molar-refractivity contribution in [1.82, 2.24) is 0 Å². The van der Waals surface area contributed by atoms with E-state index in [1.807, 2.05) is 6.08 Å². The first kappa shape index (κ1) is 52.4. The van der Waals surface area contributed by atoms with E-state index in [4.69, 9.17) is 28.4 Å². The van der Waals surface area contributed by atoms with Crippen molar-refractivity contribution < 1.29 is 73.8 Å². The van der Waals surface area contributed by atoms with E-state index in [1.165, 1.54) is 64.2 Å². The summed E-state index contributed by atoms with van der Waals surface area (Å²) in [4.78, 5) is 25.5. The third-order valence-corrected chi connectivity index (χ3v) is 10.9. The fourth-order valence-electron chi connectivity index (χ4n) is 7.14. The zero-order chi connectivity index (χ0) is 42.5. The minimum atomic E-state index is -1.76. The lowest BCUT2D eigenvalue weighted by Crippen LogP contribution is -2.61. The normalized spacial score (nSPS) is 27.9. The van der Waals surface area contributed by atoms with Crippen molar-refractivity contribution in [3.63, 3.8) is 0 Å². The molecule has 0 aromatic rings. The number of allylic oxidation sites excluding steroid dienone is 1. The highest BCUT2D eigenvalue weighted by atomic mass is 16.7. The average Bonchev–Trinajstić information content (AvgIpc) is 3.21. The Hall–Kier alpha value is -1.76. The molecule has 0 bridgehead atoms. The van der Waals surface area contributed by atoms with Crippen LogP contribution < -0.4 is 0 Å². The van der Waals surface area contributed by atoms with Gasteiger partial charge in [0.1, 0.15) is 55.4 Å². The Morgan fingerprint density at radius 1 is 0.569 bits per heavy atom. The Morgan fingerprint density at radius 2 is 1.02 bits per heavy atom. The van der Waals surface area contributed by atoms with Crippen molar-refractivity contribution in [2.45, 2.75) is 222 Å². The van der Waals surface area contributed by atoms with E-state index in [-0.39, 0.29) is 26.1 Å². The van der Waals surface area contributed by atoms with Crippen LogP contribution in [0.25, 0.3) is 0 Å². The number of rotatable bonds is 34. The smallest absolute Gasteiger partial charge is 0.306 e. The van der Waals surface area contributed by atoms with Gasteiger partial charge in [0.2, 0.25) is 0 Å². The Kier molecular flexibility index (Phi) is 28.9. The zero-order valence-electron chi connectivity index (χ0n) is 35.1. The number of hydrogen-bond acceptors (Lipinski definition) is 15. The largest absolute Gasteiger partial charge is 0.462 e. The van der Waals surface area contributed by atoms with Crippen molar-refractivity contribution in [1.29, 1.82) is 0 Å². The first-order valence-electron chi connectivity index (χ1n) is 22.2. The molecule has 2 saturated heterocycles. The van der Waals surface area contributed by atoms with Crippen molar-refractivity contribution >= 4 is 11.9 Å². The molecule has 2 aliphatic rings. The van der Waals surface area contributed by atoms with E-state index >= 15 is 0 Å². The molecule has 0 spiro atoms. The lowest BCUT2D eigenvalue weighted by molar-refractivity contribution is -0.332. The lowest BCUT2D eigenvalue weighted by atomic mass is 9.98. The summed E-state index contributed by atoms with van der Waals surface area (Å²) in [5, 5.41) is 71.7. The van der Waals surface area contributed by atoms with Gasteiger partial charge in [-0.3, -0.25) is 9.59 Å². The number of ether oxygens (including phenoxy) is 6. The van der Waals surface area contributed by atoms with Gasteiger partial charge in [0, 0.05) is 12.8 Å². The topological polar surface area (TPSA) is 231 Å². The van der Waals surface area contributed by atoms with Gasteiger partial charge in [-0.15, -0.1) is 6.58 Å². The predicted octanol–water partition coefficient (Wildman–Crippen LogP) is 4.26. The molecule has 0 aromatic heterocycles. The van der Waals surface area contributed by atoms with Crippen LogP contribution in [0.1, 0.15) is 155 Å². The maximum atomic E-state index is 12.8. The molecule has 2 aliphatic heterocycles. The molecule has 15 heteroatoms. The monoisotopic (exact) mass is 835 g/mol. The van der Waals surface area contributed by atoms with Gasteiger partial charge in [-0.05, 0) is 25.7 Å². The van der Waals surface area contributed by atoms with Crippen molar-refractivity contribution in [2.24, 2.45) is 0 Å². The Bertz CT molecular complexity index is 1060. The molecule has 2 fully saturated rings. The van der Waals surface area contributed by atoms with Gasteiger partial charge in [0.25, 0.3) is 0 Å². The second-order valence-electron chi connectivity index (χ2n) is 16.0. The third kappa shape index (κ3) is 21.2. The second kappa shape index (κ2) is 32.0. The van der Waals surface area contributed by atoms with E-state index in [2.05, 4.69) is 13.5 Å². The first-order valence-corrected chi connectivity index (χ1v) is 22.2. The number of carbonyl (C=O) groups excluding carboxylic acids is 2. The van der Waals surface area contributed by atoms with E-state index in [0.717, 1.165) is 57.8 Å². The Morgan fingerprint density at radius 3 is 1.53 bits per heavy atom. The number of aliphatic hydroxyl groups excluding tert-OH is 7. The SMILES string of the molecule is C=CCCCCCCCCCCCCCCCC(=O)OC[C@H](CO[C@@H]1O[C@H](CO[C@@H]2O[C@H](CO)[C@H](O)C(O)C2O)[C@H](O)C(O)C1O)OC(=O)CCCCCCCCC. The van der Waals surface area contributed by atoms with Gasteiger partial charge in [-0.25, -0.2) is 0 Å². The molecule has 2 heterocycles. The molecular formula is C43H78O15. The van der Waals surface area contributed by atoms with E-state index < -0.39 is 92.7 Å². The van der Waals surface area contributed by atoms with Crippen LogP contribution in [0, 0.1) is 0 Å². The summed E-state index contributed by atoms with van der Waals surface area (Å²) < 4.78 is 33.3. The summed E-state index contributed by atoms with van der Waals surface area (Å²) in [6, 6.07) is 0. The molecule has 0 amide bonds. The number of carbonyl (C=O) groups is 2. The quantitative estimate of drug-likeness (QED) is 0.0273. The molecule has 15 nitrogen and oxygen atoms in total. The molecule has 7 N–H and O–H groups in total. The van der Waals surface area contributed by atoms with Crippen LogP contribution in [-0.4, -0.2) is 142 Å². The Labute approximate surface area is 346 Å². The fourth-order valence-corrected chi connectivity index (χ4v) is 7.14. The van der Waals surface area contributed by atoms with Crippen molar-refractivity contribution in [2.75, 3.05) is 26.4 Å². The molecular weight excluding hydrogens is 756 g/mol. The molecule has 2 rings (SSSR count). The first-order chi connectivity index (χ1) is 28.0. The van der Waals surface area contributed by atoms with Crippen LogP contribution in [-0.2, 0) is 38.0 Å². The highest BCUT2D eigenvalue weighted by Gasteiger charge is 2.47. The summed E-state index contributed by atoms with van der Waals surface area (Å²) in [6.45, 7) is 4.04. The number of esters is 2. The summed E-state index contributed by atoms with van der Waals surface area (Å²) >= 11 is 0. The Balaban J connectivity index is 1.81. The molecule has 4 unspecified atom stereocenters. The maximum Gasteiger partial charge on any atom is 0.306 e. The van der Waals surface area contributed by atoms with E-state index in [1.54, 1.807) is 0 Å². The minimum Gasteiger partial charge on any atom is -0.462 e. The summed E-state index contributed by atoms with van der Waals surface area (Å²) in [5.74, 6) is -0.931. The molecule has 340 valence electrons.